The molecule has 3 aromatic rings. The largest absolute Gasteiger partial charge is 0.497 e. The summed E-state index contributed by atoms with van der Waals surface area (Å²) < 4.78 is 7.16. The van der Waals surface area contributed by atoms with Crippen LogP contribution in [-0.2, 0) is 20.8 Å². The van der Waals surface area contributed by atoms with Crippen LogP contribution in [0.2, 0.25) is 0 Å². The molecule has 2 unspecified atom stereocenters. The zero-order valence-corrected chi connectivity index (χ0v) is 25.7. The molecule has 0 radical (unpaired) electrons. The molecule has 2 heterocycles. The molecule has 1 aromatic heterocycles. The summed E-state index contributed by atoms with van der Waals surface area (Å²) in [5.41, 5.74) is 7.43. The summed E-state index contributed by atoms with van der Waals surface area (Å²) in [6.07, 6.45) is 7.47. The van der Waals surface area contributed by atoms with Gasteiger partial charge in [-0.05, 0) is 81.2 Å². The number of nitrogens with two attached hydrogens (primary N) is 1. The van der Waals surface area contributed by atoms with Gasteiger partial charge in [-0.25, -0.2) is 0 Å². The fourth-order valence-corrected chi connectivity index (χ4v) is 5.28. The van der Waals surface area contributed by atoms with Crippen molar-refractivity contribution in [2.24, 2.45) is 11.7 Å². The molecule has 0 spiro atoms. The fourth-order valence-electron chi connectivity index (χ4n) is 5.28. The second-order valence-corrected chi connectivity index (χ2v) is 12.1. The molecule has 1 fully saturated rings. The summed E-state index contributed by atoms with van der Waals surface area (Å²) in [6, 6.07) is 17.9. The lowest BCUT2D eigenvalue weighted by atomic mass is 9.97. The monoisotopic (exact) mass is 587 g/mol. The minimum absolute atomic E-state index is 0.0155. The van der Waals surface area contributed by atoms with Crippen LogP contribution in [0.15, 0.2) is 73.1 Å². The summed E-state index contributed by atoms with van der Waals surface area (Å²) >= 11 is 0. The van der Waals surface area contributed by atoms with Gasteiger partial charge in [0, 0.05) is 25.5 Å². The van der Waals surface area contributed by atoms with E-state index in [4.69, 9.17) is 10.5 Å². The summed E-state index contributed by atoms with van der Waals surface area (Å²) in [6.45, 7) is 6.88. The van der Waals surface area contributed by atoms with E-state index in [9.17, 15) is 14.4 Å². The van der Waals surface area contributed by atoms with Gasteiger partial charge in [-0.1, -0.05) is 49.4 Å². The van der Waals surface area contributed by atoms with Gasteiger partial charge >= 0.3 is 0 Å². The van der Waals surface area contributed by atoms with Gasteiger partial charge in [0.2, 0.25) is 17.7 Å². The molecule has 9 heteroatoms. The third kappa shape index (κ3) is 8.70. The maximum atomic E-state index is 13.9. The second kappa shape index (κ2) is 14.4. The van der Waals surface area contributed by atoms with E-state index in [2.05, 4.69) is 17.6 Å². The molecular weight excluding hydrogens is 542 g/mol. The van der Waals surface area contributed by atoms with E-state index in [1.165, 1.54) is 5.56 Å². The average Bonchev–Trinajstić information content (AvgIpc) is 3.45. The van der Waals surface area contributed by atoms with Gasteiger partial charge in [0.25, 0.3) is 0 Å². The third-order valence-electron chi connectivity index (χ3n) is 8.05. The molecule has 9 nitrogen and oxygen atoms in total. The van der Waals surface area contributed by atoms with E-state index in [0.717, 1.165) is 37.9 Å². The van der Waals surface area contributed by atoms with Gasteiger partial charge in [-0.15, -0.1) is 0 Å². The maximum absolute atomic E-state index is 13.9. The van der Waals surface area contributed by atoms with Crippen molar-refractivity contribution >= 4 is 23.4 Å². The van der Waals surface area contributed by atoms with Crippen LogP contribution in [0.25, 0.3) is 0 Å². The van der Waals surface area contributed by atoms with E-state index in [1.54, 1.807) is 39.4 Å². The molecular formula is C34H45N5O4. The lowest BCUT2D eigenvalue weighted by Crippen LogP contribution is -2.54. The molecule has 1 saturated heterocycles. The zero-order valence-electron chi connectivity index (χ0n) is 25.7. The number of aryl methyl sites for hydroxylation is 1. The highest BCUT2D eigenvalue weighted by Crippen LogP contribution is 2.28. The van der Waals surface area contributed by atoms with Crippen LogP contribution in [0.4, 0.5) is 5.69 Å². The van der Waals surface area contributed by atoms with Crippen molar-refractivity contribution in [2.45, 2.75) is 70.5 Å². The van der Waals surface area contributed by atoms with E-state index in [1.807, 2.05) is 64.1 Å². The Morgan fingerprint density at radius 2 is 1.70 bits per heavy atom. The highest BCUT2D eigenvalue weighted by molar-refractivity contribution is 5.98. The van der Waals surface area contributed by atoms with Crippen molar-refractivity contribution in [2.75, 3.05) is 25.5 Å². The van der Waals surface area contributed by atoms with Gasteiger partial charge in [-0.3, -0.25) is 14.4 Å². The fraction of sp³-hybridized carbons (Fsp3) is 0.441. The Labute approximate surface area is 254 Å². The zero-order chi connectivity index (χ0) is 31.0. The highest BCUT2D eigenvalue weighted by atomic mass is 16.5. The van der Waals surface area contributed by atoms with Gasteiger partial charge in [0.15, 0.2) is 0 Å². The number of hydrogen-bond acceptors (Lipinski definition) is 5. The summed E-state index contributed by atoms with van der Waals surface area (Å²) in [7, 11) is 1.61. The number of carbonyl (C=O) groups excluding carboxylic acids is 3. The van der Waals surface area contributed by atoms with Crippen LogP contribution >= 0.6 is 0 Å². The van der Waals surface area contributed by atoms with Crippen LogP contribution in [0.3, 0.4) is 0 Å². The van der Waals surface area contributed by atoms with Gasteiger partial charge in [-0.2, -0.15) is 0 Å². The molecule has 2 aromatic carbocycles. The van der Waals surface area contributed by atoms with Gasteiger partial charge in [0.05, 0.1) is 18.3 Å². The minimum atomic E-state index is -1.13. The number of hydrogen-bond donors (Lipinski definition) is 3. The normalized spacial score (nSPS) is 15.4. The molecule has 4 N–H and O–H groups in total. The number of methoxy groups -OCH3 is 1. The molecule has 1 aliphatic rings. The standard InChI is InChI=1S/C34H45N5O4/c1-24-17-20-38(21-18-24)32(41)30(26-13-15-28(43-4)16-14-26)39-22-19-27(23-39)36-31(40)29(37-33(42)34(2,3)35)12-8-11-25-9-6-5-7-10-25/h5-7,9-10,13-16,19,22-24,29-30H,8,11-12,17-18,20-21,35H2,1-4H3,(H,36,40)(H,37,42). The number of nitrogens with one attached hydrogen (secondary N) is 2. The molecule has 3 amide bonds. The van der Waals surface area contributed by atoms with Crippen LogP contribution in [0, 0.1) is 5.92 Å². The van der Waals surface area contributed by atoms with E-state index in [0.29, 0.717) is 30.2 Å². The molecule has 0 saturated carbocycles. The Hall–Kier alpha value is -4.11. The van der Waals surface area contributed by atoms with E-state index >= 15 is 0 Å². The topological polar surface area (TPSA) is 119 Å². The van der Waals surface area contributed by atoms with Gasteiger partial charge < -0.3 is 30.6 Å². The van der Waals surface area contributed by atoms with Crippen molar-refractivity contribution in [3.05, 3.63) is 84.2 Å². The Kier molecular flexibility index (Phi) is 10.6. The van der Waals surface area contributed by atoms with Crippen LogP contribution in [-0.4, -0.2) is 59.0 Å². The van der Waals surface area contributed by atoms with Crippen LogP contribution in [0.1, 0.15) is 63.6 Å². The predicted octanol–water partition coefficient (Wildman–Crippen LogP) is 4.53. The summed E-state index contributed by atoms with van der Waals surface area (Å²) in [4.78, 5) is 42.0. The minimum Gasteiger partial charge on any atom is -0.497 e. The second-order valence-electron chi connectivity index (χ2n) is 12.1. The Morgan fingerprint density at radius 1 is 1.02 bits per heavy atom. The first-order chi connectivity index (χ1) is 20.5. The number of nitrogens with zero attached hydrogens (tertiary/aromatic N) is 2. The maximum Gasteiger partial charge on any atom is 0.250 e. The van der Waals surface area contributed by atoms with Gasteiger partial charge in [0.1, 0.15) is 17.8 Å². The van der Waals surface area contributed by atoms with Crippen molar-refractivity contribution in [1.29, 1.82) is 0 Å². The first kappa shape index (κ1) is 31.8. The number of ether oxygens (including phenoxy) is 1. The molecule has 2 atom stereocenters. The highest BCUT2D eigenvalue weighted by Gasteiger charge is 2.31. The smallest absolute Gasteiger partial charge is 0.250 e. The van der Waals surface area contributed by atoms with E-state index in [-0.39, 0.29) is 11.8 Å². The number of carbonyl (C=O) groups is 3. The average molecular weight is 588 g/mol. The number of piperidine rings is 1. The number of anilines is 1. The molecule has 4 rings (SSSR count). The SMILES string of the molecule is COc1ccc(C(C(=O)N2CCC(C)CC2)n2ccc(NC(=O)C(CCCc3ccccc3)NC(=O)C(C)(C)N)c2)cc1. The van der Waals surface area contributed by atoms with Crippen LogP contribution < -0.4 is 21.1 Å². The van der Waals surface area contributed by atoms with Crippen molar-refractivity contribution in [3.8, 4) is 5.75 Å². The quantitative estimate of drug-likeness (QED) is 0.288. The third-order valence-corrected chi connectivity index (χ3v) is 8.05. The summed E-state index contributed by atoms with van der Waals surface area (Å²) in [5.74, 6) is 0.597. The van der Waals surface area contributed by atoms with Crippen LogP contribution in [0.5, 0.6) is 5.75 Å². The Morgan fingerprint density at radius 3 is 2.33 bits per heavy atom. The molecule has 230 valence electrons. The number of benzene rings is 2. The number of amides is 3. The Balaban J connectivity index is 1.52. The van der Waals surface area contributed by atoms with Crippen molar-refractivity contribution < 1.29 is 19.1 Å². The molecule has 0 aliphatic carbocycles. The molecule has 0 bridgehead atoms. The number of rotatable bonds is 12. The first-order valence-electron chi connectivity index (χ1n) is 15.1. The predicted molar refractivity (Wildman–Crippen MR) is 169 cm³/mol. The van der Waals surface area contributed by atoms with Crippen molar-refractivity contribution in [1.82, 2.24) is 14.8 Å². The number of aromatic nitrogens is 1. The number of likely N-dealkylation sites (tertiary alicyclic amines) is 1. The first-order valence-corrected chi connectivity index (χ1v) is 15.1. The molecule has 1 aliphatic heterocycles. The van der Waals surface area contributed by atoms with Crippen molar-refractivity contribution in [3.63, 3.8) is 0 Å². The van der Waals surface area contributed by atoms with E-state index < -0.39 is 23.5 Å². The Bertz CT molecular complexity index is 1360. The summed E-state index contributed by atoms with van der Waals surface area (Å²) in [5, 5.41) is 5.80. The lowest BCUT2D eigenvalue weighted by Gasteiger charge is -2.33. The lowest BCUT2D eigenvalue weighted by molar-refractivity contribution is -0.135. The molecule has 43 heavy (non-hydrogen) atoms.